The number of hydrogen-bond donors (Lipinski definition) is 1. The maximum Gasteiger partial charge on any atom is 0.243 e. The van der Waals surface area contributed by atoms with E-state index in [2.05, 4.69) is 15.3 Å². The van der Waals surface area contributed by atoms with Crippen LogP contribution in [0.1, 0.15) is 11.5 Å². The molecule has 0 saturated heterocycles. The number of aromatic nitrogens is 2. The number of nitrogens with zero attached hydrogens (tertiary/aromatic N) is 2. The lowest BCUT2D eigenvalue weighted by Gasteiger charge is -2.11. The van der Waals surface area contributed by atoms with E-state index in [9.17, 15) is 4.79 Å². The largest absolute Gasteiger partial charge is 0.497 e. The van der Waals surface area contributed by atoms with Crippen molar-refractivity contribution in [3.05, 3.63) is 71.6 Å². The molecule has 1 N–H and O–H groups in total. The number of oxazole rings is 1. The Morgan fingerprint density at radius 2 is 1.93 bits per heavy atom. The lowest BCUT2D eigenvalue weighted by Crippen LogP contribution is -2.16. The van der Waals surface area contributed by atoms with Crippen LogP contribution in [-0.4, -0.2) is 23.0 Å². The van der Waals surface area contributed by atoms with E-state index in [-0.39, 0.29) is 12.3 Å². The second kappa shape index (κ2) is 8.79. The topological polar surface area (TPSA) is 86.5 Å². The first kappa shape index (κ1) is 19.7. The zero-order valence-electron chi connectivity index (χ0n) is 16.4. The molecule has 0 fully saturated rings. The molecule has 3 aromatic heterocycles. The molecule has 30 heavy (non-hydrogen) atoms. The average Bonchev–Trinajstić information content (AvgIpc) is 3.40. The molecule has 3 heterocycles. The maximum atomic E-state index is 12.6. The molecule has 8 heteroatoms. The van der Waals surface area contributed by atoms with Crippen LogP contribution in [0.5, 0.6) is 17.4 Å². The highest BCUT2D eigenvalue weighted by Crippen LogP contribution is 2.29. The number of benzene rings is 1. The number of nitrogens with one attached hydrogen (secondary N) is 1. The molecule has 0 aliphatic rings. The predicted octanol–water partition coefficient (Wildman–Crippen LogP) is 5.09. The Bertz CT molecular complexity index is 1140. The van der Waals surface area contributed by atoms with Crippen molar-refractivity contribution < 1.29 is 18.7 Å². The normalized spacial score (nSPS) is 10.6. The molecule has 4 aromatic rings. The molecule has 1 aromatic carbocycles. The summed E-state index contributed by atoms with van der Waals surface area (Å²) in [4.78, 5) is 22.2. The van der Waals surface area contributed by atoms with E-state index in [1.54, 1.807) is 56.6 Å². The van der Waals surface area contributed by atoms with Crippen LogP contribution in [0.2, 0.25) is 0 Å². The number of carbonyl (C=O) groups excluding carboxylic acids is 1. The van der Waals surface area contributed by atoms with E-state index < -0.39 is 0 Å². The van der Waals surface area contributed by atoms with Crippen molar-refractivity contribution in [1.29, 1.82) is 0 Å². The number of hydrogen-bond acceptors (Lipinski definition) is 7. The van der Waals surface area contributed by atoms with E-state index in [0.717, 1.165) is 10.6 Å². The van der Waals surface area contributed by atoms with Crippen molar-refractivity contribution in [1.82, 2.24) is 9.97 Å². The van der Waals surface area contributed by atoms with Crippen LogP contribution in [0.15, 0.2) is 64.5 Å². The number of rotatable bonds is 7. The fourth-order valence-corrected chi connectivity index (χ4v) is 3.42. The predicted molar refractivity (Wildman–Crippen MR) is 114 cm³/mol. The lowest BCUT2D eigenvalue weighted by atomic mass is 10.2. The Kier molecular flexibility index (Phi) is 5.76. The van der Waals surface area contributed by atoms with Gasteiger partial charge in [0.25, 0.3) is 0 Å². The van der Waals surface area contributed by atoms with Gasteiger partial charge in [0, 0.05) is 6.20 Å². The molecule has 0 saturated carbocycles. The Hall–Kier alpha value is -3.65. The maximum absolute atomic E-state index is 12.6. The molecule has 152 valence electrons. The van der Waals surface area contributed by atoms with Crippen LogP contribution in [0.3, 0.4) is 0 Å². The van der Waals surface area contributed by atoms with Gasteiger partial charge in [0.05, 0.1) is 24.1 Å². The summed E-state index contributed by atoms with van der Waals surface area (Å²) >= 11 is 1.54. The smallest absolute Gasteiger partial charge is 0.243 e. The number of anilines is 1. The highest BCUT2D eigenvalue weighted by molar-refractivity contribution is 7.13. The van der Waals surface area contributed by atoms with Gasteiger partial charge in [-0.1, -0.05) is 6.07 Å². The SMILES string of the molecule is COc1ccc(Oc2ncccc2NC(=O)Cc2nc(-c3cccs3)oc2C)cc1. The zero-order chi connectivity index (χ0) is 20.9. The molecule has 0 atom stereocenters. The van der Waals surface area contributed by atoms with Crippen molar-refractivity contribution in [2.45, 2.75) is 13.3 Å². The summed E-state index contributed by atoms with van der Waals surface area (Å²) < 4.78 is 16.7. The Labute approximate surface area is 177 Å². The third kappa shape index (κ3) is 4.49. The summed E-state index contributed by atoms with van der Waals surface area (Å²) in [6, 6.07) is 14.4. The quantitative estimate of drug-likeness (QED) is 0.447. The molecule has 1 amide bonds. The van der Waals surface area contributed by atoms with E-state index in [1.807, 2.05) is 17.5 Å². The molecule has 0 spiro atoms. The van der Waals surface area contributed by atoms with Gasteiger partial charge in [-0.3, -0.25) is 4.79 Å². The minimum absolute atomic E-state index is 0.0809. The molecule has 7 nitrogen and oxygen atoms in total. The number of ether oxygens (including phenoxy) is 2. The van der Waals surface area contributed by atoms with Crippen molar-refractivity contribution >= 4 is 22.9 Å². The highest BCUT2D eigenvalue weighted by Gasteiger charge is 2.17. The highest BCUT2D eigenvalue weighted by atomic mass is 32.1. The molecular formula is C22H19N3O4S. The van der Waals surface area contributed by atoms with Gasteiger partial charge in [-0.2, -0.15) is 0 Å². The minimum atomic E-state index is -0.239. The van der Waals surface area contributed by atoms with E-state index in [1.165, 1.54) is 11.3 Å². The number of pyridine rings is 1. The van der Waals surface area contributed by atoms with Crippen LogP contribution >= 0.6 is 11.3 Å². The van der Waals surface area contributed by atoms with E-state index >= 15 is 0 Å². The lowest BCUT2D eigenvalue weighted by molar-refractivity contribution is -0.115. The fraction of sp³-hybridized carbons (Fsp3) is 0.136. The third-order valence-electron chi connectivity index (χ3n) is 4.27. The molecule has 0 radical (unpaired) electrons. The third-order valence-corrected chi connectivity index (χ3v) is 5.13. The summed E-state index contributed by atoms with van der Waals surface area (Å²) in [5.41, 5.74) is 1.07. The molecule has 0 aliphatic heterocycles. The van der Waals surface area contributed by atoms with Crippen LogP contribution in [0.25, 0.3) is 10.8 Å². The Balaban J connectivity index is 1.46. The summed E-state index contributed by atoms with van der Waals surface area (Å²) in [5.74, 6) is 2.51. The van der Waals surface area contributed by atoms with Crippen molar-refractivity contribution in [3.63, 3.8) is 0 Å². The standard InChI is InChI=1S/C22H19N3O4S/c1-14-18(25-22(28-14)19-6-4-12-30-19)13-20(26)24-17-5-3-11-23-21(17)29-16-9-7-15(27-2)8-10-16/h3-12H,13H2,1-2H3,(H,24,26). The number of carbonyl (C=O) groups is 1. The van der Waals surface area contributed by atoms with Gasteiger partial charge in [0.1, 0.15) is 22.9 Å². The second-order valence-corrected chi connectivity index (χ2v) is 7.31. The van der Waals surface area contributed by atoms with Crippen LogP contribution in [0.4, 0.5) is 5.69 Å². The molecule has 0 bridgehead atoms. The zero-order valence-corrected chi connectivity index (χ0v) is 17.2. The molecule has 4 rings (SSSR count). The Morgan fingerprint density at radius 1 is 1.13 bits per heavy atom. The van der Waals surface area contributed by atoms with Gasteiger partial charge < -0.3 is 19.2 Å². The Morgan fingerprint density at radius 3 is 2.67 bits per heavy atom. The molecule has 0 unspecified atom stereocenters. The fourth-order valence-electron chi connectivity index (χ4n) is 2.77. The molecular weight excluding hydrogens is 402 g/mol. The van der Waals surface area contributed by atoms with Gasteiger partial charge in [0.2, 0.25) is 17.7 Å². The second-order valence-electron chi connectivity index (χ2n) is 6.36. The summed E-state index contributed by atoms with van der Waals surface area (Å²) in [6.07, 6.45) is 1.68. The van der Waals surface area contributed by atoms with Gasteiger partial charge in [-0.05, 0) is 54.8 Å². The summed E-state index contributed by atoms with van der Waals surface area (Å²) in [7, 11) is 1.60. The van der Waals surface area contributed by atoms with Crippen molar-refractivity contribution in [2.75, 3.05) is 12.4 Å². The van der Waals surface area contributed by atoms with Gasteiger partial charge in [-0.15, -0.1) is 11.3 Å². The van der Waals surface area contributed by atoms with Gasteiger partial charge in [0.15, 0.2) is 0 Å². The number of aryl methyl sites for hydroxylation is 1. The minimum Gasteiger partial charge on any atom is -0.497 e. The first-order valence-corrected chi connectivity index (χ1v) is 10.1. The van der Waals surface area contributed by atoms with E-state index in [4.69, 9.17) is 13.9 Å². The van der Waals surface area contributed by atoms with Crippen molar-refractivity contribution in [3.8, 4) is 28.1 Å². The number of amides is 1. The summed E-state index contributed by atoms with van der Waals surface area (Å²) in [6.45, 7) is 1.80. The van der Waals surface area contributed by atoms with E-state index in [0.29, 0.717) is 34.7 Å². The monoisotopic (exact) mass is 421 g/mol. The number of thiophene rings is 1. The first-order chi connectivity index (χ1) is 14.6. The van der Waals surface area contributed by atoms with Crippen LogP contribution in [0, 0.1) is 6.92 Å². The average molecular weight is 421 g/mol. The van der Waals surface area contributed by atoms with Crippen LogP contribution < -0.4 is 14.8 Å². The summed E-state index contributed by atoms with van der Waals surface area (Å²) in [5, 5.41) is 4.80. The van der Waals surface area contributed by atoms with Gasteiger partial charge >= 0.3 is 0 Å². The molecule has 0 aliphatic carbocycles. The first-order valence-electron chi connectivity index (χ1n) is 9.19. The van der Waals surface area contributed by atoms with Crippen LogP contribution in [-0.2, 0) is 11.2 Å². The number of methoxy groups -OCH3 is 1. The van der Waals surface area contributed by atoms with Crippen molar-refractivity contribution in [2.24, 2.45) is 0 Å². The van der Waals surface area contributed by atoms with Gasteiger partial charge in [-0.25, -0.2) is 9.97 Å².